The van der Waals surface area contributed by atoms with E-state index in [1.165, 1.54) is 0 Å². The SMILES string of the molecule is CCOC(=O)N1CCC(n2ncc3c(N4CC5CCC(C4)O5)nc(-c4ccc(NC(=O)NCCCNC)cc4)nc32)CC1. The third-order valence-corrected chi connectivity index (χ3v) is 8.40. The van der Waals surface area contributed by atoms with Crippen LogP contribution in [0.1, 0.15) is 45.1 Å². The van der Waals surface area contributed by atoms with Crippen LogP contribution in [0.15, 0.2) is 30.5 Å². The molecular formula is C30H41N9O4. The molecule has 6 rings (SSSR count). The predicted molar refractivity (Wildman–Crippen MR) is 163 cm³/mol. The predicted octanol–water partition coefficient (Wildman–Crippen LogP) is 3.39. The highest BCUT2D eigenvalue weighted by atomic mass is 16.6. The Labute approximate surface area is 251 Å². The van der Waals surface area contributed by atoms with Gasteiger partial charge in [-0.25, -0.2) is 24.2 Å². The second kappa shape index (κ2) is 13.1. The van der Waals surface area contributed by atoms with Crippen LogP contribution in [-0.2, 0) is 9.47 Å². The Morgan fingerprint density at radius 2 is 1.77 bits per heavy atom. The third-order valence-electron chi connectivity index (χ3n) is 8.40. The Morgan fingerprint density at radius 3 is 2.47 bits per heavy atom. The van der Waals surface area contributed by atoms with Crippen molar-refractivity contribution in [2.75, 3.05) is 63.1 Å². The monoisotopic (exact) mass is 591 g/mol. The quantitative estimate of drug-likeness (QED) is 0.320. The van der Waals surface area contributed by atoms with Gasteiger partial charge in [0, 0.05) is 44.0 Å². The highest BCUT2D eigenvalue weighted by molar-refractivity contribution is 5.90. The summed E-state index contributed by atoms with van der Waals surface area (Å²) in [5.74, 6) is 1.48. The first-order valence-electron chi connectivity index (χ1n) is 15.4. The molecule has 3 aliphatic heterocycles. The molecule has 0 aliphatic carbocycles. The van der Waals surface area contributed by atoms with E-state index in [0.29, 0.717) is 37.8 Å². The molecule has 13 heteroatoms. The molecule has 0 spiro atoms. The van der Waals surface area contributed by atoms with E-state index >= 15 is 0 Å². The number of benzene rings is 1. The molecule has 13 nitrogen and oxygen atoms in total. The van der Waals surface area contributed by atoms with E-state index in [9.17, 15) is 9.59 Å². The molecule has 2 unspecified atom stereocenters. The minimum absolute atomic E-state index is 0.109. The fraction of sp³-hybridized carbons (Fsp3) is 0.567. The van der Waals surface area contributed by atoms with Crippen molar-refractivity contribution >= 4 is 34.7 Å². The number of ether oxygens (including phenoxy) is 2. The minimum atomic E-state index is -0.260. The van der Waals surface area contributed by atoms with E-state index in [2.05, 4.69) is 20.9 Å². The number of anilines is 2. The van der Waals surface area contributed by atoms with E-state index in [1.54, 1.807) is 4.90 Å². The summed E-state index contributed by atoms with van der Waals surface area (Å²) in [5.41, 5.74) is 2.33. The molecule has 0 saturated carbocycles. The summed E-state index contributed by atoms with van der Waals surface area (Å²) in [5, 5.41) is 14.6. The number of morpholine rings is 1. The van der Waals surface area contributed by atoms with E-state index in [4.69, 9.17) is 24.5 Å². The number of likely N-dealkylation sites (tertiary alicyclic amines) is 1. The van der Waals surface area contributed by atoms with Gasteiger partial charge in [0.05, 0.1) is 36.4 Å². The number of nitrogens with one attached hydrogen (secondary N) is 3. The Bertz CT molecular complexity index is 1410. The maximum Gasteiger partial charge on any atom is 0.409 e. The number of amides is 3. The average molecular weight is 592 g/mol. The standard InChI is InChI=1S/C30H41N9O4/c1-3-42-30(41)37-15-11-22(12-16-37)39-28-25(17-33-39)27(38-18-23-9-10-24(19-38)43-23)35-26(36-28)20-5-7-21(8-6-20)34-29(40)32-14-4-13-31-2/h5-8,17,22-24,31H,3-4,9-16,18-19H2,1-2H3,(H2,32,34,40). The molecule has 230 valence electrons. The van der Waals surface area contributed by atoms with Crippen molar-refractivity contribution in [3.8, 4) is 11.4 Å². The van der Waals surface area contributed by atoms with Gasteiger partial charge in [0.2, 0.25) is 0 Å². The number of nitrogens with zero attached hydrogens (tertiary/aromatic N) is 6. The molecule has 3 saturated heterocycles. The first-order chi connectivity index (χ1) is 21.0. The largest absolute Gasteiger partial charge is 0.450 e. The fourth-order valence-electron chi connectivity index (χ4n) is 6.19. The van der Waals surface area contributed by atoms with Crippen LogP contribution in [0.25, 0.3) is 22.4 Å². The second-order valence-corrected chi connectivity index (χ2v) is 11.4. The van der Waals surface area contributed by atoms with E-state index < -0.39 is 0 Å². The van der Waals surface area contributed by atoms with Gasteiger partial charge in [0.1, 0.15) is 5.82 Å². The number of carbonyl (C=O) groups excluding carboxylic acids is 2. The molecule has 3 fully saturated rings. The van der Waals surface area contributed by atoms with Gasteiger partial charge in [-0.15, -0.1) is 0 Å². The Balaban J connectivity index is 1.26. The van der Waals surface area contributed by atoms with Crippen molar-refractivity contribution < 1.29 is 19.1 Å². The first kappa shape index (κ1) is 29.1. The Kier molecular flexibility index (Phi) is 8.89. The lowest BCUT2D eigenvalue weighted by Gasteiger charge is -2.33. The molecule has 3 aliphatic rings. The lowest BCUT2D eigenvalue weighted by molar-refractivity contribution is 0.0303. The third kappa shape index (κ3) is 6.52. The molecule has 1 aromatic carbocycles. The molecule has 3 aromatic rings. The number of rotatable bonds is 9. The first-order valence-corrected chi connectivity index (χ1v) is 15.4. The topological polar surface area (TPSA) is 139 Å². The number of piperidine rings is 1. The average Bonchev–Trinajstić information content (AvgIpc) is 3.61. The van der Waals surface area contributed by atoms with E-state index in [1.807, 2.05) is 49.1 Å². The van der Waals surface area contributed by atoms with Gasteiger partial charge in [-0.1, -0.05) is 0 Å². The number of carbonyl (C=O) groups is 2. The molecule has 43 heavy (non-hydrogen) atoms. The lowest BCUT2D eigenvalue weighted by Crippen LogP contribution is -2.43. The fourth-order valence-corrected chi connectivity index (χ4v) is 6.19. The van der Waals surface area contributed by atoms with Crippen molar-refractivity contribution in [1.29, 1.82) is 0 Å². The van der Waals surface area contributed by atoms with Crippen molar-refractivity contribution in [2.24, 2.45) is 0 Å². The molecule has 3 amide bonds. The summed E-state index contributed by atoms with van der Waals surface area (Å²) in [7, 11) is 1.89. The summed E-state index contributed by atoms with van der Waals surface area (Å²) in [4.78, 5) is 38.7. The highest BCUT2D eigenvalue weighted by Gasteiger charge is 2.36. The number of hydrogen-bond donors (Lipinski definition) is 3. The number of aromatic nitrogens is 4. The minimum Gasteiger partial charge on any atom is -0.450 e. The molecule has 2 aromatic heterocycles. The number of fused-ring (bicyclic) bond motifs is 3. The normalized spacial score (nSPS) is 20.4. The summed E-state index contributed by atoms with van der Waals surface area (Å²) < 4.78 is 13.3. The van der Waals surface area contributed by atoms with Gasteiger partial charge in [-0.2, -0.15) is 5.10 Å². The molecule has 5 heterocycles. The van der Waals surface area contributed by atoms with Crippen LogP contribution in [0, 0.1) is 0 Å². The number of hydrogen-bond acceptors (Lipinski definition) is 9. The van der Waals surface area contributed by atoms with Crippen LogP contribution in [0.4, 0.5) is 21.1 Å². The van der Waals surface area contributed by atoms with E-state index in [0.717, 1.165) is 74.2 Å². The van der Waals surface area contributed by atoms with Crippen LogP contribution in [-0.4, -0.2) is 102 Å². The zero-order valence-corrected chi connectivity index (χ0v) is 24.9. The second-order valence-electron chi connectivity index (χ2n) is 11.4. The number of urea groups is 1. The van der Waals surface area contributed by atoms with Gasteiger partial charge in [0.25, 0.3) is 0 Å². The van der Waals surface area contributed by atoms with Crippen molar-refractivity contribution in [1.82, 2.24) is 35.3 Å². The molecule has 3 N–H and O–H groups in total. The van der Waals surface area contributed by atoms with Crippen LogP contribution in [0.5, 0.6) is 0 Å². The molecule has 2 atom stereocenters. The molecule has 2 bridgehead atoms. The van der Waals surface area contributed by atoms with Crippen molar-refractivity contribution in [3.63, 3.8) is 0 Å². The Hall–Kier alpha value is -3.97. The zero-order chi connectivity index (χ0) is 29.8. The highest BCUT2D eigenvalue weighted by Crippen LogP contribution is 2.35. The van der Waals surface area contributed by atoms with Crippen molar-refractivity contribution in [3.05, 3.63) is 30.5 Å². The van der Waals surface area contributed by atoms with Crippen LogP contribution in [0.2, 0.25) is 0 Å². The van der Waals surface area contributed by atoms with Crippen LogP contribution in [0.3, 0.4) is 0 Å². The smallest absolute Gasteiger partial charge is 0.409 e. The summed E-state index contributed by atoms with van der Waals surface area (Å²) >= 11 is 0. The Morgan fingerprint density at radius 1 is 1.02 bits per heavy atom. The van der Waals surface area contributed by atoms with Crippen LogP contribution >= 0.6 is 0 Å². The maximum absolute atomic E-state index is 12.3. The van der Waals surface area contributed by atoms with Gasteiger partial charge in [-0.3, -0.25) is 0 Å². The lowest BCUT2D eigenvalue weighted by atomic mass is 10.1. The van der Waals surface area contributed by atoms with Gasteiger partial charge >= 0.3 is 12.1 Å². The van der Waals surface area contributed by atoms with E-state index in [-0.39, 0.29) is 30.4 Å². The van der Waals surface area contributed by atoms with Gasteiger partial charge in [-0.05, 0) is 76.9 Å². The molecular weight excluding hydrogens is 550 g/mol. The van der Waals surface area contributed by atoms with Gasteiger partial charge in [0.15, 0.2) is 11.5 Å². The zero-order valence-electron chi connectivity index (χ0n) is 24.9. The molecule has 0 radical (unpaired) electrons. The van der Waals surface area contributed by atoms with Crippen LogP contribution < -0.4 is 20.9 Å². The van der Waals surface area contributed by atoms with Gasteiger partial charge < -0.3 is 35.2 Å². The maximum atomic E-state index is 12.3. The summed E-state index contributed by atoms with van der Waals surface area (Å²) in [6.07, 6.45) is 6.57. The summed E-state index contributed by atoms with van der Waals surface area (Å²) in [6.45, 7) is 6.44. The van der Waals surface area contributed by atoms with Crippen molar-refractivity contribution in [2.45, 2.75) is 57.3 Å². The summed E-state index contributed by atoms with van der Waals surface area (Å²) in [6, 6.07) is 7.48.